The number of pyridine rings is 2. The van der Waals surface area contributed by atoms with Gasteiger partial charge in [-0.15, -0.1) is 0 Å². The molecule has 8 nitrogen and oxygen atoms in total. The van der Waals surface area contributed by atoms with Gasteiger partial charge in [0.15, 0.2) is 0 Å². The van der Waals surface area contributed by atoms with E-state index in [1.807, 2.05) is 12.1 Å². The number of carbonyl (C=O) groups is 1. The summed E-state index contributed by atoms with van der Waals surface area (Å²) < 4.78 is 19.1. The molecule has 36 heavy (non-hydrogen) atoms. The van der Waals surface area contributed by atoms with Crippen molar-refractivity contribution < 1.29 is 19.0 Å². The van der Waals surface area contributed by atoms with Crippen LogP contribution in [0.3, 0.4) is 0 Å². The molecule has 10 heteroatoms. The average Bonchev–Trinajstić information content (AvgIpc) is 2.89. The molecule has 1 aliphatic heterocycles. The van der Waals surface area contributed by atoms with Crippen LogP contribution >= 0.6 is 11.6 Å². The van der Waals surface area contributed by atoms with E-state index in [1.165, 1.54) is 24.4 Å². The van der Waals surface area contributed by atoms with Gasteiger partial charge in [-0.1, -0.05) is 11.6 Å². The smallest absolute Gasteiger partial charge is 0.337 e. The third kappa shape index (κ3) is 4.89. The van der Waals surface area contributed by atoms with Gasteiger partial charge in [0, 0.05) is 30.1 Å². The fourth-order valence-electron chi connectivity index (χ4n) is 3.93. The van der Waals surface area contributed by atoms with Gasteiger partial charge in [0.2, 0.25) is 5.95 Å². The van der Waals surface area contributed by atoms with Crippen LogP contribution in [0.2, 0.25) is 5.02 Å². The maximum atomic E-state index is 13.5. The molecule has 1 aliphatic rings. The summed E-state index contributed by atoms with van der Waals surface area (Å²) in [5, 5.41) is 9.32. The number of halogens is 2. The number of aromatic carboxylic acids is 1. The highest BCUT2D eigenvalue weighted by atomic mass is 35.5. The number of ether oxygens (including phenoxy) is 1. The van der Waals surface area contributed by atoms with Gasteiger partial charge in [0.25, 0.3) is 0 Å². The lowest BCUT2D eigenvalue weighted by molar-refractivity contribution is 0.0696. The third-order valence-electron chi connectivity index (χ3n) is 5.87. The summed E-state index contributed by atoms with van der Waals surface area (Å²) in [6.07, 6.45) is 2.90. The molecule has 4 aromatic rings. The molecule has 0 saturated carbocycles. The molecule has 0 amide bonds. The molecular weight excluding hydrogens is 485 g/mol. The van der Waals surface area contributed by atoms with Crippen LogP contribution in [0.5, 0.6) is 0 Å². The van der Waals surface area contributed by atoms with Crippen LogP contribution < -0.4 is 4.90 Å². The fraction of sp³-hybridized carbons (Fsp3) is 0.192. The number of hydrogen-bond acceptors (Lipinski definition) is 7. The highest BCUT2D eigenvalue weighted by Crippen LogP contribution is 2.30. The topological polar surface area (TPSA) is 101 Å². The first-order valence-electron chi connectivity index (χ1n) is 11.2. The van der Waals surface area contributed by atoms with E-state index in [9.17, 15) is 9.18 Å². The van der Waals surface area contributed by atoms with Crippen molar-refractivity contribution in [2.24, 2.45) is 0 Å². The number of morpholine rings is 1. The lowest BCUT2D eigenvalue weighted by atomic mass is 10.1. The molecule has 1 aromatic carbocycles. The van der Waals surface area contributed by atoms with Gasteiger partial charge < -0.3 is 14.7 Å². The highest BCUT2D eigenvalue weighted by molar-refractivity contribution is 6.33. The van der Waals surface area contributed by atoms with Crippen LogP contribution in [0.25, 0.3) is 33.9 Å². The van der Waals surface area contributed by atoms with Crippen molar-refractivity contribution in [3.05, 3.63) is 77.3 Å². The van der Waals surface area contributed by atoms with Gasteiger partial charge in [0.1, 0.15) is 11.5 Å². The van der Waals surface area contributed by atoms with Crippen LogP contribution in [-0.4, -0.2) is 56.8 Å². The Morgan fingerprint density at radius 1 is 1.03 bits per heavy atom. The van der Waals surface area contributed by atoms with Crippen molar-refractivity contribution in [3.63, 3.8) is 0 Å². The predicted octanol–water partition coefficient (Wildman–Crippen LogP) is 4.98. The third-order valence-corrected chi connectivity index (χ3v) is 6.16. The normalized spacial score (nSPS) is 15.6. The van der Waals surface area contributed by atoms with Crippen LogP contribution in [0.1, 0.15) is 17.3 Å². The fourth-order valence-corrected chi connectivity index (χ4v) is 4.20. The zero-order valence-electron chi connectivity index (χ0n) is 19.2. The first-order chi connectivity index (χ1) is 17.4. The minimum absolute atomic E-state index is 0.000418. The Balaban J connectivity index is 1.54. The minimum Gasteiger partial charge on any atom is -0.478 e. The number of anilines is 1. The summed E-state index contributed by atoms with van der Waals surface area (Å²) >= 11 is 6.26. The number of carboxylic acids is 1. The lowest BCUT2D eigenvalue weighted by Gasteiger charge is -2.33. The molecule has 0 bridgehead atoms. The molecule has 0 unspecified atom stereocenters. The van der Waals surface area contributed by atoms with Gasteiger partial charge in [0.05, 0.1) is 46.9 Å². The number of aromatic nitrogens is 4. The Morgan fingerprint density at radius 2 is 1.75 bits per heavy atom. The number of rotatable bonds is 5. The Bertz CT molecular complexity index is 1420. The highest BCUT2D eigenvalue weighted by Gasteiger charge is 2.23. The minimum atomic E-state index is -1.11. The Kier molecular flexibility index (Phi) is 6.58. The maximum absolute atomic E-state index is 13.5. The van der Waals surface area contributed by atoms with Crippen LogP contribution in [0.4, 0.5) is 10.3 Å². The van der Waals surface area contributed by atoms with Crippen LogP contribution in [0, 0.1) is 5.82 Å². The van der Waals surface area contributed by atoms with E-state index in [2.05, 4.69) is 21.8 Å². The molecule has 0 aliphatic carbocycles. The van der Waals surface area contributed by atoms with E-state index in [4.69, 9.17) is 31.4 Å². The summed E-state index contributed by atoms with van der Waals surface area (Å²) in [4.78, 5) is 31.5. The summed E-state index contributed by atoms with van der Waals surface area (Å²) in [6.45, 7) is 3.86. The van der Waals surface area contributed by atoms with Crippen molar-refractivity contribution in [3.8, 4) is 33.9 Å². The average molecular weight is 506 g/mol. The van der Waals surface area contributed by atoms with E-state index in [0.29, 0.717) is 48.5 Å². The molecule has 4 heterocycles. The first-order valence-corrected chi connectivity index (χ1v) is 11.6. The summed E-state index contributed by atoms with van der Waals surface area (Å²) in [6, 6.07) is 13.0. The van der Waals surface area contributed by atoms with Crippen molar-refractivity contribution in [2.75, 3.05) is 24.7 Å². The van der Waals surface area contributed by atoms with Crippen LogP contribution in [0.15, 0.2) is 60.9 Å². The monoisotopic (exact) mass is 505 g/mol. The van der Waals surface area contributed by atoms with Gasteiger partial charge in [-0.3, -0.25) is 9.97 Å². The quantitative estimate of drug-likeness (QED) is 0.405. The van der Waals surface area contributed by atoms with Crippen molar-refractivity contribution in [1.29, 1.82) is 0 Å². The van der Waals surface area contributed by atoms with Crippen molar-refractivity contribution in [2.45, 2.75) is 13.0 Å². The number of carboxylic acid groups (broad SMARTS) is 1. The molecule has 5 rings (SSSR count). The molecule has 1 saturated heterocycles. The number of hydrogen-bond donors (Lipinski definition) is 1. The number of benzene rings is 1. The zero-order valence-corrected chi connectivity index (χ0v) is 20.0. The second-order valence-corrected chi connectivity index (χ2v) is 8.76. The molecule has 1 atom stereocenters. The zero-order chi connectivity index (χ0) is 25.2. The largest absolute Gasteiger partial charge is 0.478 e. The molecule has 0 spiro atoms. The second-order valence-electron chi connectivity index (χ2n) is 8.35. The standard InChI is InChI=1S/C26H21ClFN5O3/c1-15-14-36-9-8-33(15)26-31-22(16-2-5-19(28)6-3-16)11-23(32-26)17-4-7-21(29-12-17)24-20(27)10-18(13-30-24)25(34)35/h2-7,10-13,15H,8-9,14H2,1H3,(H,34,35)/t15-/m1/s1. The van der Waals surface area contributed by atoms with Gasteiger partial charge in [-0.2, -0.15) is 0 Å². The van der Waals surface area contributed by atoms with E-state index >= 15 is 0 Å². The van der Waals surface area contributed by atoms with E-state index in [-0.39, 0.29) is 22.4 Å². The van der Waals surface area contributed by atoms with E-state index in [0.717, 1.165) is 11.1 Å². The van der Waals surface area contributed by atoms with Crippen molar-refractivity contribution >= 4 is 23.5 Å². The maximum Gasteiger partial charge on any atom is 0.337 e. The molecule has 182 valence electrons. The molecule has 1 N–H and O–H groups in total. The predicted molar refractivity (Wildman–Crippen MR) is 133 cm³/mol. The second kappa shape index (κ2) is 9.96. The molecule has 0 radical (unpaired) electrons. The van der Waals surface area contributed by atoms with Crippen molar-refractivity contribution in [1.82, 2.24) is 19.9 Å². The summed E-state index contributed by atoms with van der Waals surface area (Å²) in [7, 11) is 0. The van der Waals surface area contributed by atoms with E-state index in [1.54, 1.807) is 24.4 Å². The molecule has 1 fully saturated rings. The summed E-state index contributed by atoms with van der Waals surface area (Å²) in [5.41, 5.74) is 3.69. The molecule has 3 aromatic heterocycles. The lowest BCUT2D eigenvalue weighted by Crippen LogP contribution is -2.44. The Morgan fingerprint density at radius 3 is 2.39 bits per heavy atom. The van der Waals surface area contributed by atoms with Gasteiger partial charge >= 0.3 is 5.97 Å². The first kappa shape index (κ1) is 23.8. The number of nitrogens with zero attached hydrogens (tertiary/aromatic N) is 5. The van der Waals surface area contributed by atoms with Gasteiger partial charge in [-0.25, -0.2) is 19.2 Å². The summed E-state index contributed by atoms with van der Waals surface area (Å²) in [5.74, 6) is -0.871. The van der Waals surface area contributed by atoms with Gasteiger partial charge in [-0.05, 0) is 55.5 Å². The van der Waals surface area contributed by atoms with Crippen LogP contribution in [-0.2, 0) is 4.74 Å². The Labute approximate surface area is 211 Å². The Hall–Kier alpha value is -3.95. The van der Waals surface area contributed by atoms with E-state index < -0.39 is 5.97 Å². The molecular formula is C26H21ClFN5O3. The SMILES string of the molecule is C[C@@H]1COCCN1c1nc(-c2ccc(F)cc2)cc(-c2ccc(-c3ncc(C(=O)O)cc3Cl)nc2)n1.